The molecule has 0 bridgehead atoms. The molecular weight excluding hydrogens is 396 g/mol. The number of carboxylic acid groups (broad SMARTS) is 1. The highest BCUT2D eigenvalue weighted by atomic mass is 16.6. The SMILES string of the molecule is C[C@]12CC/C(=N/OCC(=O)NCC(=O)O)C=C1CC[C@H]1[C@H]3CC[C@](C)(O)[C@@]3(C)CC[C@@H]12. The van der Waals surface area contributed by atoms with E-state index in [9.17, 15) is 14.7 Å². The van der Waals surface area contributed by atoms with E-state index in [1.165, 1.54) is 18.4 Å². The second kappa shape index (κ2) is 7.91. The molecule has 3 saturated carbocycles. The van der Waals surface area contributed by atoms with Gasteiger partial charge in [-0.2, -0.15) is 0 Å². The smallest absolute Gasteiger partial charge is 0.322 e. The summed E-state index contributed by atoms with van der Waals surface area (Å²) in [6, 6.07) is 0. The number of nitrogens with zero attached hydrogens (tertiary/aromatic N) is 1. The van der Waals surface area contributed by atoms with E-state index in [0.717, 1.165) is 44.2 Å². The lowest BCUT2D eigenvalue weighted by Crippen LogP contribution is -2.53. The molecule has 6 atom stereocenters. The Morgan fingerprint density at radius 2 is 1.87 bits per heavy atom. The third kappa shape index (κ3) is 3.79. The molecule has 0 aliphatic heterocycles. The van der Waals surface area contributed by atoms with Gasteiger partial charge in [0.05, 0.1) is 11.3 Å². The van der Waals surface area contributed by atoms with Crippen LogP contribution >= 0.6 is 0 Å². The minimum Gasteiger partial charge on any atom is -0.480 e. The van der Waals surface area contributed by atoms with Crippen molar-refractivity contribution in [2.45, 2.75) is 77.7 Å². The number of hydrogen-bond donors (Lipinski definition) is 3. The molecule has 31 heavy (non-hydrogen) atoms. The van der Waals surface area contributed by atoms with E-state index < -0.39 is 24.0 Å². The van der Waals surface area contributed by atoms with Crippen molar-refractivity contribution in [2.75, 3.05) is 13.2 Å². The molecule has 0 aromatic heterocycles. The Hall–Kier alpha value is -1.89. The van der Waals surface area contributed by atoms with E-state index in [2.05, 4.69) is 37.3 Å². The topological polar surface area (TPSA) is 108 Å². The number of aliphatic carboxylic acids is 1. The van der Waals surface area contributed by atoms with Crippen LogP contribution in [0.25, 0.3) is 0 Å². The maximum absolute atomic E-state index is 11.6. The molecule has 0 aromatic rings. The van der Waals surface area contributed by atoms with E-state index in [4.69, 9.17) is 9.94 Å². The Balaban J connectivity index is 1.43. The second-order valence-electron chi connectivity index (χ2n) is 10.8. The molecule has 4 aliphatic carbocycles. The molecule has 1 amide bonds. The summed E-state index contributed by atoms with van der Waals surface area (Å²) in [6.45, 7) is 6.10. The van der Waals surface area contributed by atoms with Crippen molar-refractivity contribution in [3.63, 3.8) is 0 Å². The molecule has 0 radical (unpaired) electrons. The van der Waals surface area contributed by atoms with Gasteiger partial charge in [0.2, 0.25) is 0 Å². The van der Waals surface area contributed by atoms with Gasteiger partial charge >= 0.3 is 5.97 Å². The molecule has 0 spiro atoms. The van der Waals surface area contributed by atoms with Crippen LogP contribution in [-0.2, 0) is 14.4 Å². The summed E-state index contributed by atoms with van der Waals surface area (Å²) in [4.78, 5) is 27.3. The number of amides is 1. The highest BCUT2D eigenvalue weighted by molar-refractivity contribution is 5.96. The maximum atomic E-state index is 11.6. The number of oxime groups is 1. The zero-order chi connectivity index (χ0) is 22.4. The van der Waals surface area contributed by atoms with Crippen LogP contribution in [-0.4, -0.2) is 46.6 Å². The van der Waals surface area contributed by atoms with Crippen molar-refractivity contribution in [1.29, 1.82) is 0 Å². The fourth-order valence-corrected chi connectivity index (χ4v) is 7.29. The lowest BCUT2D eigenvalue weighted by atomic mass is 9.46. The van der Waals surface area contributed by atoms with E-state index in [0.29, 0.717) is 17.8 Å². The Labute approximate surface area is 184 Å². The fourth-order valence-electron chi connectivity index (χ4n) is 7.29. The standard InChI is InChI=1S/C24H36N2O5/c1-22-9-6-16(26-31-14-20(27)25-13-21(28)29)12-15(22)4-5-17-18(22)7-10-23(2)19(17)8-11-24(23,3)30/h12,17-19,30H,4-11,13-14H2,1-3H3,(H,25,27)(H,28,29)/b26-16-/t17-,18+,19-,22+,23+,24+/m1/s1. The third-order valence-electron chi connectivity index (χ3n) is 9.35. The lowest BCUT2D eigenvalue weighted by Gasteiger charge is -2.59. The number of fused-ring (bicyclic) bond motifs is 5. The number of carbonyl (C=O) groups excluding carboxylic acids is 1. The number of rotatable bonds is 5. The van der Waals surface area contributed by atoms with Crippen LogP contribution in [0.3, 0.4) is 0 Å². The highest BCUT2D eigenvalue weighted by Crippen LogP contribution is 2.67. The van der Waals surface area contributed by atoms with E-state index >= 15 is 0 Å². The molecule has 3 N–H and O–H groups in total. The molecule has 0 saturated heterocycles. The van der Waals surface area contributed by atoms with E-state index in [-0.39, 0.29) is 17.4 Å². The lowest BCUT2D eigenvalue weighted by molar-refractivity contribution is -0.138. The number of carbonyl (C=O) groups is 2. The summed E-state index contributed by atoms with van der Waals surface area (Å²) in [5, 5.41) is 26.1. The zero-order valence-electron chi connectivity index (χ0n) is 18.9. The molecule has 7 nitrogen and oxygen atoms in total. The van der Waals surface area contributed by atoms with Gasteiger partial charge in [-0.3, -0.25) is 9.59 Å². The molecule has 0 aromatic carbocycles. The molecule has 7 heteroatoms. The Morgan fingerprint density at radius 1 is 1.13 bits per heavy atom. The summed E-state index contributed by atoms with van der Waals surface area (Å²) in [6.07, 6.45) is 10.6. The number of allylic oxidation sites excluding steroid dienone is 2. The van der Waals surface area contributed by atoms with Crippen LogP contribution in [0.1, 0.15) is 72.1 Å². The number of aliphatic hydroxyl groups is 1. The van der Waals surface area contributed by atoms with E-state index in [1.54, 1.807) is 0 Å². The monoisotopic (exact) mass is 432 g/mol. The Kier molecular flexibility index (Phi) is 5.69. The minimum absolute atomic E-state index is 0.0437. The first-order valence-electron chi connectivity index (χ1n) is 11.7. The summed E-state index contributed by atoms with van der Waals surface area (Å²) in [7, 11) is 0. The zero-order valence-corrected chi connectivity index (χ0v) is 18.9. The first kappa shape index (κ1) is 22.3. The normalized spacial score (nSPS) is 42.8. The van der Waals surface area contributed by atoms with Gasteiger partial charge in [-0.05, 0) is 93.0 Å². The number of hydrogen-bond acceptors (Lipinski definition) is 5. The van der Waals surface area contributed by atoms with Gasteiger partial charge in [-0.15, -0.1) is 0 Å². The van der Waals surface area contributed by atoms with Gasteiger partial charge in [0.15, 0.2) is 6.61 Å². The molecule has 3 fully saturated rings. The van der Waals surface area contributed by atoms with E-state index in [1.807, 2.05) is 0 Å². The van der Waals surface area contributed by atoms with Crippen molar-refractivity contribution >= 4 is 17.6 Å². The molecule has 4 aliphatic rings. The van der Waals surface area contributed by atoms with Crippen molar-refractivity contribution in [3.05, 3.63) is 11.6 Å². The van der Waals surface area contributed by atoms with Crippen LogP contribution in [0.2, 0.25) is 0 Å². The summed E-state index contributed by atoms with van der Waals surface area (Å²) >= 11 is 0. The Bertz CT molecular complexity index is 819. The predicted octanol–water partition coefficient (Wildman–Crippen LogP) is 3.27. The summed E-state index contributed by atoms with van der Waals surface area (Å²) in [5.74, 6) is 0.377. The molecular formula is C24H36N2O5. The summed E-state index contributed by atoms with van der Waals surface area (Å²) < 4.78 is 0. The fraction of sp³-hybridized carbons (Fsp3) is 0.792. The Morgan fingerprint density at radius 3 is 2.61 bits per heavy atom. The summed E-state index contributed by atoms with van der Waals surface area (Å²) in [5.41, 5.74) is 1.99. The van der Waals surface area contributed by atoms with Gasteiger partial charge < -0.3 is 20.4 Å². The maximum Gasteiger partial charge on any atom is 0.322 e. The number of carboxylic acids is 1. The van der Waals surface area contributed by atoms with Gasteiger partial charge in [0.25, 0.3) is 5.91 Å². The van der Waals surface area contributed by atoms with Crippen molar-refractivity contribution in [3.8, 4) is 0 Å². The van der Waals surface area contributed by atoms with Gasteiger partial charge in [-0.25, -0.2) is 0 Å². The highest BCUT2D eigenvalue weighted by Gasteiger charge is 2.62. The van der Waals surface area contributed by atoms with Crippen LogP contribution in [0.15, 0.2) is 16.8 Å². The first-order chi connectivity index (χ1) is 14.6. The van der Waals surface area contributed by atoms with Crippen LogP contribution in [0, 0.1) is 28.6 Å². The van der Waals surface area contributed by atoms with Gasteiger partial charge in [0, 0.05) is 0 Å². The average molecular weight is 433 g/mol. The minimum atomic E-state index is -1.09. The van der Waals surface area contributed by atoms with Crippen molar-refractivity contribution in [2.24, 2.45) is 33.7 Å². The van der Waals surface area contributed by atoms with Gasteiger partial charge in [0.1, 0.15) is 6.54 Å². The second-order valence-corrected chi connectivity index (χ2v) is 10.8. The van der Waals surface area contributed by atoms with Crippen molar-refractivity contribution in [1.82, 2.24) is 5.32 Å². The molecule has 0 heterocycles. The van der Waals surface area contributed by atoms with Crippen LogP contribution in [0.5, 0.6) is 0 Å². The predicted molar refractivity (Wildman–Crippen MR) is 116 cm³/mol. The quantitative estimate of drug-likeness (QED) is 0.578. The average Bonchev–Trinajstić information content (AvgIpc) is 2.96. The van der Waals surface area contributed by atoms with Gasteiger partial charge in [-0.1, -0.05) is 24.6 Å². The third-order valence-corrected chi connectivity index (χ3v) is 9.35. The van der Waals surface area contributed by atoms with Crippen LogP contribution < -0.4 is 5.32 Å². The largest absolute Gasteiger partial charge is 0.480 e. The van der Waals surface area contributed by atoms with Crippen molar-refractivity contribution < 1.29 is 24.6 Å². The molecule has 4 rings (SSSR count). The number of nitrogens with one attached hydrogen (secondary N) is 1. The molecule has 0 unspecified atom stereocenters. The molecule has 172 valence electrons. The van der Waals surface area contributed by atoms with Crippen LogP contribution in [0.4, 0.5) is 0 Å². The first-order valence-corrected chi connectivity index (χ1v) is 11.7.